The largest absolute Gasteiger partial charge is 0.330 e. The summed E-state index contributed by atoms with van der Waals surface area (Å²) in [6, 6.07) is 0. The van der Waals surface area contributed by atoms with Crippen LogP contribution in [0.2, 0.25) is 0 Å². The molecular formula is C11H16N4O. The molecule has 0 amide bonds. The van der Waals surface area contributed by atoms with E-state index in [1.807, 2.05) is 13.8 Å². The summed E-state index contributed by atoms with van der Waals surface area (Å²) in [4.78, 5) is 19.3. The predicted octanol–water partition coefficient (Wildman–Crippen LogP) is 1.49. The molecule has 0 fully saturated rings. The summed E-state index contributed by atoms with van der Waals surface area (Å²) in [7, 11) is 0. The molecule has 1 N–H and O–H groups in total. The van der Waals surface area contributed by atoms with Gasteiger partial charge in [-0.15, -0.1) is 5.10 Å². The van der Waals surface area contributed by atoms with Crippen LogP contribution in [-0.4, -0.2) is 19.6 Å². The summed E-state index contributed by atoms with van der Waals surface area (Å²) in [6.07, 6.45) is 3.50. The minimum Gasteiger partial charge on any atom is -0.330 e. The lowest BCUT2D eigenvalue weighted by Gasteiger charge is -2.02. The van der Waals surface area contributed by atoms with E-state index in [-0.39, 0.29) is 11.5 Å². The third kappa shape index (κ3) is 1.73. The van der Waals surface area contributed by atoms with Crippen molar-refractivity contribution in [1.29, 1.82) is 0 Å². The second-order valence-electron chi connectivity index (χ2n) is 4.22. The van der Waals surface area contributed by atoms with Gasteiger partial charge in [0.25, 0.3) is 5.56 Å². The third-order valence-corrected chi connectivity index (χ3v) is 2.54. The molecule has 0 bridgehead atoms. The lowest BCUT2D eigenvalue weighted by atomic mass is 10.1. The van der Waals surface area contributed by atoms with Crippen molar-refractivity contribution in [3.8, 4) is 0 Å². The highest BCUT2D eigenvalue weighted by Crippen LogP contribution is 2.08. The summed E-state index contributed by atoms with van der Waals surface area (Å²) < 4.78 is 1.36. The number of aromatic amines is 1. The van der Waals surface area contributed by atoms with Crippen molar-refractivity contribution in [2.45, 2.75) is 39.5 Å². The molecule has 0 aliphatic rings. The van der Waals surface area contributed by atoms with Gasteiger partial charge in [0.15, 0.2) is 5.82 Å². The van der Waals surface area contributed by atoms with E-state index in [1.165, 1.54) is 4.52 Å². The van der Waals surface area contributed by atoms with Crippen LogP contribution in [0.3, 0.4) is 0 Å². The molecular weight excluding hydrogens is 204 g/mol. The van der Waals surface area contributed by atoms with Crippen LogP contribution < -0.4 is 5.56 Å². The van der Waals surface area contributed by atoms with Gasteiger partial charge in [-0.05, 0) is 12.3 Å². The minimum absolute atomic E-state index is 0.0707. The van der Waals surface area contributed by atoms with Gasteiger partial charge in [-0.3, -0.25) is 4.79 Å². The first-order chi connectivity index (χ1) is 7.63. The van der Waals surface area contributed by atoms with Crippen LogP contribution in [0.1, 0.15) is 44.5 Å². The maximum Gasteiger partial charge on any atom is 0.279 e. The zero-order valence-corrected chi connectivity index (χ0v) is 9.82. The molecule has 2 rings (SSSR count). The van der Waals surface area contributed by atoms with Gasteiger partial charge in [0, 0.05) is 18.2 Å². The Hall–Kier alpha value is -1.65. The number of fused-ring (bicyclic) bond motifs is 1. The Morgan fingerprint density at radius 1 is 1.50 bits per heavy atom. The van der Waals surface area contributed by atoms with E-state index in [0.717, 1.165) is 24.2 Å². The van der Waals surface area contributed by atoms with Crippen LogP contribution in [0.15, 0.2) is 11.0 Å². The highest BCUT2D eigenvalue weighted by Gasteiger charge is 2.11. The second-order valence-corrected chi connectivity index (χ2v) is 4.22. The molecule has 2 aromatic rings. The number of nitrogens with one attached hydrogen (secondary N) is 1. The van der Waals surface area contributed by atoms with E-state index in [9.17, 15) is 4.79 Å². The second kappa shape index (κ2) is 4.08. The Kier molecular flexibility index (Phi) is 2.77. The van der Waals surface area contributed by atoms with Gasteiger partial charge in [0.1, 0.15) is 0 Å². The molecule has 0 radical (unpaired) electrons. The van der Waals surface area contributed by atoms with Gasteiger partial charge in [-0.2, -0.15) is 9.50 Å². The van der Waals surface area contributed by atoms with E-state index in [2.05, 4.69) is 22.0 Å². The van der Waals surface area contributed by atoms with Crippen LogP contribution in [0.25, 0.3) is 5.78 Å². The molecule has 86 valence electrons. The number of aromatic nitrogens is 4. The van der Waals surface area contributed by atoms with Gasteiger partial charge in [-0.1, -0.05) is 20.8 Å². The van der Waals surface area contributed by atoms with Gasteiger partial charge in [0.05, 0.1) is 0 Å². The molecule has 0 atom stereocenters. The average Bonchev–Trinajstić information content (AvgIpc) is 2.62. The van der Waals surface area contributed by atoms with E-state index < -0.39 is 0 Å². The first-order valence-corrected chi connectivity index (χ1v) is 5.60. The van der Waals surface area contributed by atoms with Gasteiger partial charge >= 0.3 is 0 Å². The lowest BCUT2D eigenvalue weighted by Crippen LogP contribution is -2.20. The molecule has 0 aromatic carbocycles. The predicted molar refractivity (Wildman–Crippen MR) is 61.7 cm³/mol. The number of aryl methyl sites for hydroxylation is 1. The van der Waals surface area contributed by atoms with Crippen LogP contribution in [0.5, 0.6) is 0 Å². The molecule has 0 unspecified atom stereocenters. The summed E-state index contributed by atoms with van der Waals surface area (Å²) in [6.45, 7) is 6.04. The fraction of sp³-hybridized carbons (Fsp3) is 0.545. The lowest BCUT2D eigenvalue weighted by molar-refractivity contribution is 0.772. The van der Waals surface area contributed by atoms with Crippen molar-refractivity contribution in [1.82, 2.24) is 19.6 Å². The monoisotopic (exact) mass is 220 g/mol. The van der Waals surface area contributed by atoms with Gasteiger partial charge in [0.2, 0.25) is 5.78 Å². The number of hydrogen-bond acceptors (Lipinski definition) is 3. The number of H-pyrrole nitrogens is 1. The molecule has 0 aliphatic carbocycles. The summed E-state index contributed by atoms with van der Waals surface area (Å²) >= 11 is 0. The molecule has 2 heterocycles. The summed E-state index contributed by atoms with van der Waals surface area (Å²) in [5.74, 6) is 1.43. The van der Waals surface area contributed by atoms with E-state index in [1.54, 1.807) is 6.20 Å². The maximum atomic E-state index is 12.0. The van der Waals surface area contributed by atoms with E-state index in [0.29, 0.717) is 5.78 Å². The third-order valence-electron chi connectivity index (χ3n) is 2.54. The Labute approximate surface area is 93.5 Å². The Balaban J connectivity index is 2.60. The Morgan fingerprint density at radius 3 is 2.88 bits per heavy atom. The highest BCUT2D eigenvalue weighted by atomic mass is 16.1. The normalized spacial score (nSPS) is 11.5. The molecule has 0 saturated heterocycles. The van der Waals surface area contributed by atoms with Crippen LogP contribution >= 0.6 is 0 Å². The number of hydrogen-bond donors (Lipinski definition) is 1. The topological polar surface area (TPSA) is 63.0 Å². The molecule has 0 saturated carbocycles. The van der Waals surface area contributed by atoms with E-state index >= 15 is 0 Å². The zero-order valence-electron chi connectivity index (χ0n) is 9.82. The zero-order chi connectivity index (χ0) is 11.7. The molecule has 2 aromatic heterocycles. The fourth-order valence-corrected chi connectivity index (χ4v) is 1.66. The van der Waals surface area contributed by atoms with Crippen LogP contribution in [-0.2, 0) is 6.42 Å². The Bertz CT molecular complexity index is 553. The first kappa shape index (κ1) is 10.9. The van der Waals surface area contributed by atoms with Crippen molar-refractivity contribution < 1.29 is 0 Å². The number of rotatable bonds is 3. The number of nitrogens with zero attached hydrogens (tertiary/aromatic N) is 3. The SMILES string of the molecule is CCCc1nc2[nH]cc(C(C)C)c(=O)n2n1. The molecule has 5 nitrogen and oxygen atoms in total. The smallest absolute Gasteiger partial charge is 0.279 e. The Morgan fingerprint density at radius 2 is 2.25 bits per heavy atom. The van der Waals surface area contributed by atoms with Crippen molar-refractivity contribution >= 4 is 5.78 Å². The van der Waals surface area contributed by atoms with Crippen molar-refractivity contribution in [3.63, 3.8) is 0 Å². The first-order valence-electron chi connectivity index (χ1n) is 5.60. The minimum atomic E-state index is -0.0707. The summed E-state index contributed by atoms with van der Waals surface area (Å²) in [5.41, 5.74) is 0.666. The maximum absolute atomic E-state index is 12.0. The average molecular weight is 220 g/mol. The standard InChI is InChI=1S/C11H16N4O/c1-4-5-9-13-11-12-6-8(7(2)3)10(16)15(11)14-9/h6-7H,4-5H2,1-3H3,(H,12,13,14). The summed E-state index contributed by atoms with van der Waals surface area (Å²) in [5, 5.41) is 4.21. The van der Waals surface area contributed by atoms with Crippen LogP contribution in [0.4, 0.5) is 0 Å². The molecule has 5 heteroatoms. The highest BCUT2D eigenvalue weighted by molar-refractivity contribution is 5.28. The van der Waals surface area contributed by atoms with Crippen molar-refractivity contribution in [3.05, 3.63) is 27.9 Å². The van der Waals surface area contributed by atoms with E-state index in [4.69, 9.17) is 0 Å². The van der Waals surface area contributed by atoms with Gasteiger partial charge in [-0.25, -0.2) is 0 Å². The molecule has 0 spiro atoms. The fourth-order valence-electron chi connectivity index (χ4n) is 1.66. The van der Waals surface area contributed by atoms with Crippen molar-refractivity contribution in [2.75, 3.05) is 0 Å². The van der Waals surface area contributed by atoms with Gasteiger partial charge < -0.3 is 4.98 Å². The molecule has 0 aliphatic heterocycles. The van der Waals surface area contributed by atoms with Crippen LogP contribution in [0, 0.1) is 0 Å². The van der Waals surface area contributed by atoms with Crippen molar-refractivity contribution in [2.24, 2.45) is 0 Å². The quantitative estimate of drug-likeness (QED) is 0.852. The molecule has 16 heavy (non-hydrogen) atoms.